The summed E-state index contributed by atoms with van der Waals surface area (Å²) in [6.07, 6.45) is 0.779. The largest absolute Gasteiger partial charge is 0.486 e. The molecule has 0 atom stereocenters. The molecule has 0 unspecified atom stereocenters. The van der Waals surface area contributed by atoms with Gasteiger partial charge >= 0.3 is 0 Å². The van der Waals surface area contributed by atoms with E-state index in [9.17, 15) is 14.0 Å². The van der Waals surface area contributed by atoms with Gasteiger partial charge in [0.1, 0.15) is 19.0 Å². The molecule has 0 fully saturated rings. The molecular formula is C21H23FN2O4. The molecule has 0 aromatic heterocycles. The summed E-state index contributed by atoms with van der Waals surface area (Å²) in [5.74, 6) is 0.684. The van der Waals surface area contributed by atoms with Crippen LogP contribution in [0.25, 0.3) is 0 Å². The standard InChI is InChI=1S/C21H23FN2O4/c1-15(25)24(10-8-16-2-4-17(22)5-3-16)11-9-21(26)23-18-6-7-19-20(14-18)28-13-12-27-19/h2-7,14H,8-13H2,1H3,(H,23,26). The van der Waals surface area contributed by atoms with Gasteiger partial charge in [0.2, 0.25) is 11.8 Å². The first-order chi connectivity index (χ1) is 13.5. The summed E-state index contributed by atoms with van der Waals surface area (Å²) in [5.41, 5.74) is 1.56. The maximum absolute atomic E-state index is 13.0. The molecule has 3 rings (SSSR count). The lowest BCUT2D eigenvalue weighted by Crippen LogP contribution is -2.33. The Morgan fingerprint density at radius 1 is 1.04 bits per heavy atom. The number of nitrogens with one attached hydrogen (secondary N) is 1. The monoisotopic (exact) mass is 386 g/mol. The highest BCUT2D eigenvalue weighted by Gasteiger charge is 2.14. The maximum atomic E-state index is 13.0. The lowest BCUT2D eigenvalue weighted by atomic mass is 10.1. The minimum absolute atomic E-state index is 0.103. The molecule has 6 nitrogen and oxygen atoms in total. The van der Waals surface area contributed by atoms with E-state index >= 15 is 0 Å². The molecule has 0 saturated carbocycles. The number of amides is 2. The zero-order chi connectivity index (χ0) is 19.9. The van der Waals surface area contributed by atoms with Crippen molar-refractivity contribution in [3.05, 3.63) is 53.8 Å². The number of nitrogens with zero attached hydrogens (tertiary/aromatic N) is 1. The second kappa shape index (κ2) is 9.21. The van der Waals surface area contributed by atoms with Crippen molar-refractivity contribution in [1.29, 1.82) is 0 Å². The van der Waals surface area contributed by atoms with E-state index in [-0.39, 0.29) is 24.1 Å². The fourth-order valence-electron chi connectivity index (χ4n) is 2.92. The average molecular weight is 386 g/mol. The molecule has 2 amide bonds. The third kappa shape index (κ3) is 5.45. The van der Waals surface area contributed by atoms with E-state index in [1.54, 1.807) is 35.2 Å². The molecule has 0 aliphatic carbocycles. The van der Waals surface area contributed by atoms with E-state index in [2.05, 4.69) is 5.32 Å². The number of hydrogen-bond acceptors (Lipinski definition) is 4. The third-order valence-electron chi connectivity index (χ3n) is 4.46. The van der Waals surface area contributed by atoms with Crippen LogP contribution in [0.5, 0.6) is 11.5 Å². The first kappa shape index (κ1) is 19.7. The molecule has 1 heterocycles. The number of ether oxygens (including phenoxy) is 2. The van der Waals surface area contributed by atoms with Crippen LogP contribution in [0.15, 0.2) is 42.5 Å². The van der Waals surface area contributed by atoms with Crippen LogP contribution in [-0.2, 0) is 16.0 Å². The van der Waals surface area contributed by atoms with Crippen LogP contribution < -0.4 is 14.8 Å². The average Bonchev–Trinajstić information content (AvgIpc) is 2.69. The van der Waals surface area contributed by atoms with Gasteiger partial charge in [0.25, 0.3) is 0 Å². The summed E-state index contributed by atoms with van der Waals surface area (Å²) in [6, 6.07) is 11.4. The van der Waals surface area contributed by atoms with Gasteiger partial charge < -0.3 is 19.7 Å². The number of carbonyl (C=O) groups is 2. The van der Waals surface area contributed by atoms with E-state index in [1.807, 2.05) is 0 Å². The van der Waals surface area contributed by atoms with Gasteiger partial charge in [-0.1, -0.05) is 12.1 Å². The van der Waals surface area contributed by atoms with Gasteiger partial charge in [-0.3, -0.25) is 9.59 Å². The van der Waals surface area contributed by atoms with Gasteiger partial charge in [-0.25, -0.2) is 4.39 Å². The van der Waals surface area contributed by atoms with Crippen LogP contribution in [-0.4, -0.2) is 43.0 Å². The van der Waals surface area contributed by atoms with Gasteiger partial charge in [0.05, 0.1) is 0 Å². The van der Waals surface area contributed by atoms with Gasteiger partial charge in [0.15, 0.2) is 11.5 Å². The Labute approximate surface area is 163 Å². The van der Waals surface area contributed by atoms with E-state index in [0.717, 1.165) is 5.56 Å². The molecule has 28 heavy (non-hydrogen) atoms. The van der Waals surface area contributed by atoms with Gasteiger partial charge in [-0.15, -0.1) is 0 Å². The minimum atomic E-state index is -0.289. The van der Waals surface area contributed by atoms with Gasteiger partial charge in [-0.2, -0.15) is 0 Å². The van der Waals surface area contributed by atoms with Crippen LogP contribution in [0.1, 0.15) is 18.9 Å². The molecule has 0 saturated heterocycles. The molecule has 2 aromatic carbocycles. The Balaban J connectivity index is 1.49. The summed E-state index contributed by atoms with van der Waals surface area (Å²) in [5, 5.41) is 2.81. The van der Waals surface area contributed by atoms with E-state index in [1.165, 1.54) is 19.1 Å². The Hall–Kier alpha value is -3.09. The number of hydrogen-bond donors (Lipinski definition) is 1. The van der Waals surface area contributed by atoms with Crippen molar-refractivity contribution in [2.45, 2.75) is 19.8 Å². The van der Waals surface area contributed by atoms with Crippen molar-refractivity contribution in [1.82, 2.24) is 4.90 Å². The quantitative estimate of drug-likeness (QED) is 0.794. The predicted octanol–water partition coefficient (Wildman–Crippen LogP) is 3.02. The first-order valence-corrected chi connectivity index (χ1v) is 9.21. The molecule has 0 bridgehead atoms. The Morgan fingerprint density at radius 2 is 1.75 bits per heavy atom. The molecule has 148 valence electrons. The minimum Gasteiger partial charge on any atom is -0.486 e. The molecule has 2 aromatic rings. The van der Waals surface area contributed by atoms with Crippen molar-refractivity contribution < 1.29 is 23.5 Å². The molecule has 1 aliphatic rings. The molecule has 1 N–H and O–H groups in total. The summed E-state index contributed by atoms with van der Waals surface area (Å²) in [7, 11) is 0. The fourth-order valence-corrected chi connectivity index (χ4v) is 2.92. The highest BCUT2D eigenvalue weighted by Crippen LogP contribution is 2.32. The van der Waals surface area contributed by atoms with Crippen molar-refractivity contribution in [2.75, 3.05) is 31.6 Å². The molecule has 7 heteroatoms. The van der Waals surface area contributed by atoms with E-state index in [0.29, 0.717) is 49.9 Å². The van der Waals surface area contributed by atoms with Crippen molar-refractivity contribution >= 4 is 17.5 Å². The number of carbonyl (C=O) groups excluding carboxylic acids is 2. The number of halogens is 1. The lowest BCUT2D eigenvalue weighted by molar-refractivity contribution is -0.129. The zero-order valence-corrected chi connectivity index (χ0v) is 15.7. The van der Waals surface area contributed by atoms with Crippen molar-refractivity contribution in [3.8, 4) is 11.5 Å². The highest BCUT2D eigenvalue weighted by molar-refractivity contribution is 5.91. The van der Waals surface area contributed by atoms with E-state index < -0.39 is 0 Å². The molecule has 0 spiro atoms. The molecular weight excluding hydrogens is 363 g/mol. The van der Waals surface area contributed by atoms with Crippen LogP contribution in [0.4, 0.5) is 10.1 Å². The number of fused-ring (bicyclic) bond motifs is 1. The zero-order valence-electron chi connectivity index (χ0n) is 15.7. The first-order valence-electron chi connectivity index (χ1n) is 9.21. The Kier molecular flexibility index (Phi) is 6.47. The Bertz CT molecular complexity index is 839. The molecule has 0 radical (unpaired) electrons. The topological polar surface area (TPSA) is 67.9 Å². The fraction of sp³-hybridized carbons (Fsp3) is 0.333. The van der Waals surface area contributed by atoms with E-state index in [4.69, 9.17) is 9.47 Å². The number of rotatable bonds is 7. The summed E-state index contributed by atoms with van der Waals surface area (Å²) in [6.45, 7) is 3.25. The smallest absolute Gasteiger partial charge is 0.226 e. The SMILES string of the molecule is CC(=O)N(CCC(=O)Nc1ccc2c(c1)OCCO2)CCc1ccc(F)cc1. The number of anilines is 1. The second-order valence-corrected chi connectivity index (χ2v) is 6.54. The normalized spacial score (nSPS) is 12.4. The summed E-state index contributed by atoms with van der Waals surface area (Å²) in [4.78, 5) is 25.7. The predicted molar refractivity (Wildman–Crippen MR) is 103 cm³/mol. The maximum Gasteiger partial charge on any atom is 0.226 e. The van der Waals surface area contributed by atoms with Crippen molar-refractivity contribution in [3.63, 3.8) is 0 Å². The van der Waals surface area contributed by atoms with Crippen LogP contribution in [0.3, 0.4) is 0 Å². The Morgan fingerprint density at radius 3 is 2.46 bits per heavy atom. The van der Waals surface area contributed by atoms with Crippen molar-refractivity contribution in [2.24, 2.45) is 0 Å². The lowest BCUT2D eigenvalue weighted by Gasteiger charge is -2.21. The highest BCUT2D eigenvalue weighted by atomic mass is 19.1. The second-order valence-electron chi connectivity index (χ2n) is 6.54. The number of benzene rings is 2. The van der Waals surface area contributed by atoms with Crippen LogP contribution in [0.2, 0.25) is 0 Å². The van der Waals surface area contributed by atoms with Gasteiger partial charge in [-0.05, 0) is 36.2 Å². The van der Waals surface area contributed by atoms with Crippen LogP contribution in [0, 0.1) is 5.82 Å². The van der Waals surface area contributed by atoms with Gasteiger partial charge in [0, 0.05) is 38.2 Å². The van der Waals surface area contributed by atoms with Crippen LogP contribution >= 0.6 is 0 Å². The molecule has 1 aliphatic heterocycles. The summed E-state index contributed by atoms with van der Waals surface area (Å²) >= 11 is 0. The summed E-state index contributed by atoms with van der Waals surface area (Å²) < 4.78 is 23.9. The third-order valence-corrected chi connectivity index (χ3v) is 4.46.